The molecule has 1 aliphatic heterocycles. The number of aromatic nitrogens is 3. The Bertz CT molecular complexity index is 767. The van der Waals surface area contributed by atoms with Crippen LogP contribution in [0.1, 0.15) is 19.7 Å². The summed E-state index contributed by atoms with van der Waals surface area (Å²) >= 11 is 12.4. The van der Waals surface area contributed by atoms with E-state index in [1.54, 1.807) is 16.7 Å². The second-order valence-corrected chi connectivity index (χ2v) is 6.03. The molecule has 0 fully saturated rings. The molecule has 0 aliphatic carbocycles. The van der Waals surface area contributed by atoms with Crippen molar-refractivity contribution >= 4 is 23.2 Å². The number of ether oxygens (including phenoxy) is 2. The van der Waals surface area contributed by atoms with Gasteiger partial charge in [0.15, 0.2) is 5.82 Å². The summed E-state index contributed by atoms with van der Waals surface area (Å²) in [6.07, 6.45) is -0.0492. The van der Waals surface area contributed by atoms with Crippen LogP contribution < -0.4 is 10.4 Å². The Morgan fingerprint density at radius 2 is 2.09 bits per heavy atom. The Labute approximate surface area is 137 Å². The van der Waals surface area contributed by atoms with Gasteiger partial charge in [0.05, 0.1) is 35.0 Å². The van der Waals surface area contributed by atoms with Crippen molar-refractivity contribution in [1.29, 1.82) is 0 Å². The molecule has 0 spiro atoms. The third-order valence-corrected chi connectivity index (χ3v) is 3.82. The van der Waals surface area contributed by atoms with Gasteiger partial charge in [-0.25, -0.2) is 4.79 Å². The zero-order valence-electron chi connectivity index (χ0n) is 12.2. The average Bonchev–Trinajstić information content (AvgIpc) is 2.79. The molecule has 0 bridgehead atoms. The molecule has 8 heteroatoms. The maximum absolute atomic E-state index is 12.5. The third-order valence-electron chi connectivity index (χ3n) is 3.22. The molecule has 2 aromatic rings. The van der Waals surface area contributed by atoms with Gasteiger partial charge in [-0.15, -0.1) is 5.10 Å². The van der Waals surface area contributed by atoms with Crippen molar-refractivity contribution in [3.63, 3.8) is 0 Å². The van der Waals surface area contributed by atoms with Crippen LogP contribution in [0.5, 0.6) is 5.75 Å². The summed E-state index contributed by atoms with van der Waals surface area (Å²) in [4.78, 5) is 12.5. The van der Waals surface area contributed by atoms with Crippen molar-refractivity contribution in [1.82, 2.24) is 14.3 Å². The SMILES string of the molecule is CC(C)Oc1cc(-n2nc3n(c2=O)CCOC3)c(Cl)cc1Cl. The second-order valence-electron chi connectivity index (χ2n) is 5.22. The molecule has 0 unspecified atom stereocenters. The second kappa shape index (κ2) is 5.95. The first-order chi connectivity index (χ1) is 10.5. The normalized spacial score (nSPS) is 14.2. The minimum absolute atomic E-state index is 0.0492. The molecule has 1 aromatic carbocycles. The van der Waals surface area contributed by atoms with Crippen molar-refractivity contribution < 1.29 is 9.47 Å². The summed E-state index contributed by atoms with van der Waals surface area (Å²) in [5.41, 5.74) is 0.187. The Morgan fingerprint density at radius 1 is 1.32 bits per heavy atom. The van der Waals surface area contributed by atoms with Gasteiger partial charge < -0.3 is 9.47 Å². The highest BCUT2D eigenvalue weighted by atomic mass is 35.5. The van der Waals surface area contributed by atoms with Gasteiger partial charge in [-0.05, 0) is 19.9 Å². The van der Waals surface area contributed by atoms with E-state index in [-0.39, 0.29) is 11.8 Å². The van der Waals surface area contributed by atoms with Gasteiger partial charge >= 0.3 is 5.69 Å². The molecule has 118 valence electrons. The van der Waals surface area contributed by atoms with Crippen LogP contribution in [-0.2, 0) is 17.9 Å². The molecule has 1 aromatic heterocycles. The van der Waals surface area contributed by atoms with Gasteiger partial charge in [-0.2, -0.15) is 4.68 Å². The van der Waals surface area contributed by atoms with E-state index < -0.39 is 0 Å². The highest BCUT2D eigenvalue weighted by molar-refractivity contribution is 6.36. The average molecular weight is 344 g/mol. The molecule has 22 heavy (non-hydrogen) atoms. The Morgan fingerprint density at radius 3 is 2.77 bits per heavy atom. The number of hydrogen-bond donors (Lipinski definition) is 0. The zero-order chi connectivity index (χ0) is 15.9. The number of benzene rings is 1. The minimum atomic E-state index is -0.252. The first kappa shape index (κ1) is 15.4. The van der Waals surface area contributed by atoms with Crippen molar-refractivity contribution in [2.24, 2.45) is 0 Å². The van der Waals surface area contributed by atoms with E-state index in [1.807, 2.05) is 13.8 Å². The first-order valence-corrected chi connectivity index (χ1v) is 7.65. The van der Waals surface area contributed by atoms with E-state index in [4.69, 9.17) is 32.7 Å². The predicted molar refractivity (Wildman–Crippen MR) is 83.3 cm³/mol. The molecule has 0 radical (unpaired) electrons. The molecule has 0 saturated carbocycles. The fourth-order valence-electron chi connectivity index (χ4n) is 2.27. The molecule has 0 atom stereocenters. The number of hydrogen-bond acceptors (Lipinski definition) is 4. The minimum Gasteiger partial charge on any atom is -0.489 e. The van der Waals surface area contributed by atoms with Gasteiger partial charge in [-0.3, -0.25) is 4.57 Å². The molecular weight excluding hydrogens is 329 g/mol. The molecule has 0 N–H and O–H groups in total. The molecular formula is C14H15Cl2N3O3. The molecule has 0 amide bonds. The molecule has 0 saturated heterocycles. The maximum atomic E-state index is 12.5. The Balaban J connectivity index is 2.12. The Kier molecular flexibility index (Phi) is 4.16. The highest BCUT2D eigenvalue weighted by Gasteiger charge is 2.20. The van der Waals surface area contributed by atoms with Crippen molar-refractivity contribution in [3.8, 4) is 11.4 Å². The monoisotopic (exact) mass is 343 g/mol. The van der Waals surface area contributed by atoms with Gasteiger partial charge in [-0.1, -0.05) is 23.2 Å². The lowest BCUT2D eigenvalue weighted by atomic mass is 10.3. The summed E-state index contributed by atoms with van der Waals surface area (Å²) in [6.45, 7) is 5.07. The summed E-state index contributed by atoms with van der Waals surface area (Å²) in [5.74, 6) is 1.04. The lowest BCUT2D eigenvalue weighted by molar-refractivity contribution is 0.0805. The molecule has 1 aliphatic rings. The van der Waals surface area contributed by atoms with E-state index in [1.165, 1.54) is 4.68 Å². The van der Waals surface area contributed by atoms with Gasteiger partial charge in [0.2, 0.25) is 0 Å². The lowest BCUT2D eigenvalue weighted by Gasteiger charge is -2.13. The lowest BCUT2D eigenvalue weighted by Crippen LogP contribution is -2.28. The van der Waals surface area contributed by atoms with E-state index in [9.17, 15) is 4.79 Å². The van der Waals surface area contributed by atoms with E-state index in [0.29, 0.717) is 47.1 Å². The standard InChI is InChI=1S/C14H15Cl2N3O3/c1-8(2)22-12-6-11(9(15)5-10(12)16)19-14(20)18-3-4-21-7-13(18)17-19/h5-6,8H,3-4,7H2,1-2H3. The third kappa shape index (κ3) is 2.74. The van der Waals surface area contributed by atoms with Crippen molar-refractivity contribution in [2.45, 2.75) is 33.1 Å². The van der Waals surface area contributed by atoms with Crippen LogP contribution in [0.4, 0.5) is 0 Å². The van der Waals surface area contributed by atoms with Crippen LogP contribution in [0.15, 0.2) is 16.9 Å². The number of rotatable bonds is 3. The zero-order valence-corrected chi connectivity index (χ0v) is 13.7. The van der Waals surface area contributed by atoms with Crippen LogP contribution in [-0.4, -0.2) is 27.1 Å². The number of nitrogens with zero attached hydrogens (tertiary/aromatic N) is 3. The van der Waals surface area contributed by atoms with E-state index in [2.05, 4.69) is 5.10 Å². The largest absolute Gasteiger partial charge is 0.489 e. The number of fused-ring (bicyclic) bond motifs is 1. The summed E-state index contributed by atoms with van der Waals surface area (Å²) in [7, 11) is 0. The number of halogens is 2. The van der Waals surface area contributed by atoms with E-state index in [0.717, 1.165) is 0 Å². The van der Waals surface area contributed by atoms with Crippen LogP contribution in [0.3, 0.4) is 0 Å². The van der Waals surface area contributed by atoms with Crippen LogP contribution >= 0.6 is 23.2 Å². The van der Waals surface area contributed by atoms with Gasteiger partial charge in [0, 0.05) is 6.07 Å². The fraction of sp³-hybridized carbons (Fsp3) is 0.429. The quantitative estimate of drug-likeness (QED) is 0.859. The van der Waals surface area contributed by atoms with Gasteiger partial charge in [0.25, 0.3) is 0 Å². The highest BCUT2D eigenvalue weighted by Crippen LogP contribution is 2.33. The molecule has 2 heterocycles. The first-order valence-electron chi connectivity index (χ1n) is 6.90. The summed E-state index contributed by atoms with van der Waals surface area (Å²) in [6, 6.07) is 3.18. The van der Waals surface area contributed by atoms with Crippen molar-refractivity contribution in [3.05, 3.63) is 38.5 Å². The van der Waals surface area contributed by atoms with Gasteiger partial charge in [0.1, 0.15) is 12.4 Å². The fourth-order valence-corrected chi connectivity index (χ4v) is 2.78. The van der Waals surface area contributed by atoms with Crippen LogP contribution in [0.2, 0.25) is 10.0 Å². The topological polar surface area (TPSA) is 58.3 Å². The Hall–Kier alpha value is -1.50. The smallest absolute Gasteiger partial charge is 0.350 e. The van der Waals surface area contributed by atoms with Crippen molar-refractivity contribution in [2.75, 3.05) is 6.61 Å². The van der Waals surface area contributed by atoms with Crippen LogP contribution in [0, 0.1) is 0 Å². The van der Waals surface area contributed by atoms with Crippen LogP contribution in [0.25, 0.3) is 5.69 Å². The maximum Gasteiger partial charge on any atom is 0.350 e. The molecule has 3 rings (SSSR count). The van der Waals surface area contributed by atoms with E-state index >= 15 is 0 Å². The predicted octanol–water partition coefficient (Wildman–Crippen LogP) is 2.66. The summed E-state index contributed by atoms with van der Waals surface area (Å²) in [5, 5.41) is 5.01. The molecule has 6 nitrogen and oxygen atoms in total. The summed E-state index contributed by atoms with van der Waals surface area (Å²) < 4.78 is 13.8.